The van der Waals surface area contributed by atoms with Crippen molar-refractivity contribution in [2.45, 2.75) is 25.5 Å². The van der Waals surface area contributed by atoms with Crippen LogP contribution in [0.4, 0.5) is 0 Å². The number of hydrogen-bond acceptors (Lipinski definition) is 5. The zero-order valence-electron chi connectivity index (χ0n) is 12.2. The van der Waals surface area contributed by atoms with Crippen LogP contribution in [-0.2, 0) is 11.3 Å². The Morgan fingerprint density at radius 2 is 2.10 bits per heavy atom. The molecule has 1 aromatic rings. The molecule has 2 aliphatic rings. The van der Waals surface area contributed by atoms with E-state index in [9.17, 15) is 0 Å². The normalized spacial score (nSPS) is 24.2. The molecule has 2 fully saturated rings. The van der Waals surface area contributed by atoms with Crippen molar-refractivity contribution >= 4 is 0 Å². The summed E-state index contributed by atoms with van der Waals surface area (Å²) < 4.78 is 5.90. The van der Waals surface area contributed by atoms with Gasteiger partial charge in [-0.3, -0.25) is 4.90 Å². The van der Waals surface area contributed by atoms with E-state index in [1.165, 1.54) is 24.9 Å². The van der Waals surface area contributed by atoms with Gasteiger partial charge in [-0.1, -0.05) is 0 Å². The third-order valence-corrected chi connectivity index (χ3v) is 4.03. The average molecular weight is 276 g/mol. The summed E-state index contributed by atoms with van der Waals surface area (Å²) in [6.07, 6.45) is 8.54. The van der Waals surface area contributed by atoms with Crippen molar-refractivity contribution in [3.63, 3.8) is 0 Å². The molecular formula is C15H24N4O. The molecule has 0 radical (unpaired) electrons. The van der Waals surface area contributed by atoms with Crippen LogP contribution in [0.2, 0.25) is 0 Å². The van der Waals surface area contributed by atoms with Gasteiger partial charge in [-0.2, -0.15) is 0 Å². The predicted molar refractivity (Wildman–Crippen MR) is 77.3 cm³/mol. The highest BCUT2D eigenvalue weighted by Gasteiger charge is 2.26. The Hall–Kier alpha value is -1.04. The predicted octanol–water partition coefficient (Wildman–Crippen LogP) is 1.02. The molecule has 110 valence electrons. The molecule has 1 aliphatic heterocycles. The van der Waals surface area contributed by atoms with Crippen LogP contribution in [0.5, 0.6) is 0 Å². The lowest BCUT2D eigenvalue weighted by atomic mass is 10.2. The molecule has 1 saturated heterocycles. The first-order valence-electron chi connectivity index (χ1n) is 7.56. The molecule has 0 spiro atoms. The molecular weight excluding hydrogens is 252 g/mol. The first kappa shape index (κ1) is 13.9. The highest BCUT2D eigenvalue weighted by Crippen LogP contribution is 2.29. The topological polar surface area (TPSA) is 41.5 Å². The summed E-state index contributed by atoms with van der Waals surface area (Å²) in [5.41, 5.74) is 1.18. The van der Waals surface area contributed by atoms with Crippen LogP contribution in [0.15, 0.2) is 18.7 Å². The minimum atomic E-state index is 0.331. The summed E-state index contributed by atoms with van der Waals surface area (Å²) in [7, 11) is 2.21. The second kappa shape index (κ2) is 6.61. The molecule has 5 nitrogen and oxygen atoms in total. The number of rotatable bonds is 6. The van der Waals surface area contributed by atoms with Gasteiger partial charge in [0.25, 0.3) is 0 Å². The SMILES string of the molecule is CN(CC1CC1)CC1CN(Cc2cncnc2)CCO1. The molecule has 3 rings (SSSR count). The number of nitrogens with zero attached hydrogens (tertiary/aromatic N) is 4. The Balaban J connectivity index is 1.45. The molecule has 0 aromatic carbocycles. The van der Waals surface area contributed by atoms with Crippen molar-refractivity contribution in [3.05, 3.63) is 24.3 Å². The Morgan fingerprint density at radius 3 is 2.85 bits per heavy atom. The van der Waals surface area contributed by atoms with Gasteiger partial charge in [-0.25, -0.2) is 9.97 Å². The van der Waals surface area contributed by atoms with Crippen LogP contribution in [0.25, 0.3) is 0 Å². The van der Waals surface area contributed by atoms with Gasteiger partial charge < -0.3 is 9.64 Å². The fraction of sp³-hybridized carbons (Fsp3) is 0.733. The van der Waals surface area contributed by atoms with E-state index in [-0.39, 0.29) is 0 Å². The first-order valence-corrected chi connectivity index (χ1v) is 7.56. The minimum absolute atomic E-state index is 0.331. The van der Waals surface area contributed by atoms with E-state index in [1.54, 1.807) is 6.33 Å². The monoisotopic (exact) mass is 276 g/mol. The fourth-order valence-electron chi connectivity index (χ4n) is 2.87. The zero-order chi connectivity index (χ0) is 13.8. The molecule has 1 atom stereocenters. The smallest absolute Gasteiger partial charge is 0.115 e. The molecule has 0 amide bonds. The van der Waals surface area contributed by atoms with Crippen LogP contribution < -0.4 is 0 Å². The Morgan fingerprint density at radius 1 is 1.30 bits per heavy atom. The van der Waals surface area contributed by atoms with Gasteiger partial charge in [-0.05, 0) is 25.8 Å². The fourth-order valence-corrected chi connectivity index (χ4v) is 2.87. The molecule has 1 unspecified atom stereocenters. The average Bonchev–Trinajstić information content (AvgIpc) is 3.24. The molecule has 20 heavy (non-hydrogen) atoms. The van der Waals surface area contributed by atoms with Crippen LogP contribution in [0, 0.1) is 5.92 Å². The van der Waals surface area contributed by atoms with Gasteiger partial charge in [0, 0.05) is 50.7 Å². The molecule has 0 N–H and O–H groups in total. The van der Waals surface area contributed by atoms with Crippen LogP contribution in [0.1, 0.15) is 18.4 Å². The number of ether oxygens (including phenoxy) is 1. The molecule has 5 heteroatoms. The van der Waals surface area contributed by atoms with E-state index < -0.39 is 0 Å². The van der Waals surface area contributed by atoms with Gasteiger partial charge >= 0.3 is 0 Å². The third kappa shape index (κ3) is 4.23. The molecule has 0 bridgehead atoms. The summed E-state index contributed by atoms with van der Waals surface area (Å²) in [6.45, 7) is 6.02. The first-order chi connectivity index (χ1) is 9.79. The lowest BCUT2D eigenvalue weighted by molar-refractivity contribution is -0.0435. The van der Waals surface area contributed by atoms with E-state index in [4.69, 9.17) is 4.74 Å². The van der Waals surface area contributed by atoms with Gasteiger partial charge in [0.2, 0.25) is 0 Å². The number of likely N-dealkylation sites (N-methyl/N-ethyl adjacent to an activating group) is 1. The number of hydrogen-bond donors (Lipinski definition) is 0. The highest BCUT2D eigenvalue weighted by molar-refractivity contribution is 5.02. The van der Waals surface area contributed by atoms with E-state index in [1.807, 2.05) is 12.4 Å². The van der Waals surface area contributed by atoms with E-state index >= 15 is 0 Å². The standard InChI is InChI=1S/C15H24N4O/c1-18(8-13-2-3-13)10-15-11-19(4-5-20-15)9-14-6-16-12-17-7-14/h6-7,12-13,15H,2-5,8-11H2,1H3. The van der Waals surface area contributed by atoms with Crippen LogP contribution in [-0.4, -0.2) is 65.7 Å². The van der Waals surface area contributed by atoms with Crippen LogP contribution in [0.3, 0.4) is 0 Å². The summed E-state index contributed by atoms with van der Waals surface area (Å²) in [5.74, 6) is 0.946. The number of morpholine rings is 1. The minimum Gasteiger partial charge on any atom is -0.374 e. The second-order valence-electron chi connectivity index (χ2n) is 6.14. The molecule has 1 aliphatic carbocycles. The maximum atomic E-state index is 5.90. The van der Waals surface area contributed by atoms with Gasteiger partial charge in [-0.15, -0.1) is 0 Å². The van der Waals surface area contributed by atoms with Crippen molar-refractivity contribution in [1.29, 1.82) is 0 Å². The Kier molecular flexibility index (Phi) is 4.60. The van der Waals surface area contributed by atoms with Crippen molar-refractivity contribution < 1.29 is 4.74 Å². The van der Waals surface area contributed by atoms with Gasteiger partial charge in [0.15, 0.2) is 0 Å². The molecule has 1 saturated carbocycles. The van der Waals surface area contributed by atoms with Crippen LogP contribution >= 0.6 is 0 Å². The summed E-state index contributed by atoms with van der Waals surface area (Å²) in [6, 6.07) is 0. The summed E-state index contributed by atoms with van der Waals surface area (Å²) >= 11 is 0. The van der Waals surface area contributed by atoms with E-state index in [0.717, 1.165) is 38.7 Å². The van der Waals surface area contributed by atoms with E-state index in [2.05, 4.69) is 26.8 Å². The second-order valence-corrected chi connectivity index (χ2v) is 6.14. The highest BCUT2D eigenvalue weighted by atomic mass is 16.5. The maximum Gasteiger partial charge on any atom is 0.115 e. The van der Waals surface area contributed by atoms with Crippen molar-refractivity contribution in [2.24, 2.45) is 5.92 Å². The van der Waals surface area contributed by atoms with Crippen molar-refractivity contribution in [3.8, 4) is 0 Å². The van der Waals surface area contributed by atoms with E-state index in [0.29, 0.717) is 6.10 Å². The largest absolute Gasteiger partial charge is 0.374 e. The Labute approximate surface area is 121 Å². The van der Waals surface area contributed by atoms with Crippen molar-refractivity contribution in [2.75, 3.05) is 39.8 Å². The van der Waals surface area contributed by atoms with Gasteiger partial charge in [0.1, 0.15) is 6.33 Å². The third-order valence-electron chi connectivity index (χ3n) is 4.03. The molecule has 2 heterocycles. The molecule has 1 aromatic heterocycles. The maximum absolute atomic E-state index is 5.90. The lowest BCUT2D eigenvalue weighted by Gasteiger charge is -2.34. The van der Waals surface area contributed by atoms with Gasteiger partial charge in [0.05, 0.1) is 12.7 Å². The quantitative estimate of drug-likeness (QED) is 0.776. The number of aromatic nitrogens is 2. The van der Waals surface area contributed by atoms with Crippen molar-refractivity contribution in [1.82, 2.24) is 19.8 Å². The summed E-state index contributed by atoms with van der Waals surface area (Å²) in [4.78, 5) is 13.0. The lowest BCUT2D eigenvalue weighted by Crippen LogP contribution is -2.46. The summed E-state index contributed by atoms with van der Waals surface area (Å²) in [5, 5.41) is 0. The Bertz CT molecular complexity index is 410. The zero-order valence-corrected chi connectivity index (χ0v) is 12.2.